The second-order valence-electron chi connectivity index (χ2n) is 6.61. The summed E-state index contributed by atoms with van der Waals surface area (Å²) >= 11 is 0. The Kier molecular flexibility index (Phi) is 2.60. The van der Waals surface area contributed by atoms with Gasteiger partial charge in [0, 0.05) is 5.92 Å². The minimum Gasteiger partial charge on any atom is -0.462 e. The molecule has 1 saturated heterocycles. The molecule has 5 unspecified atom stereocenters. The van der Waals surface area contributed by atoms with E-state index in [0.717, 1.165) is 31.3 Å². The van der Waals surface area contributed by atoms with Crippen molar-refractivity contribution in [2.45, 2.75) is 58.7 Å². The van der Waals surface area contributed by atoms with Crippen LogP contribution in [-0.2, 0) is 9.53 Å². The van der Waals surface area contributed by atoms with Crippen LogP contribution in [0.25, 0.3) is 0 Å². The van der Waals surface area contributed by atoms with E-state index in [0.29, 0.717) is 5.92 Å². The third kappa shape index (κ3) is 1.56. The summed E-state index contributed by atoms with van der Waals surface area (Å²) < 4.78 is 5.53. The first-order valence-corrected chi connectivity index (χ1v) is 7.01. The van der Waals surface area contributed by atoms with Gasteiger partial charge in [-0.1, -0.05) is 19.4 Å². The van der Waals surface area contributed by atoms with E-state index in [2.05, 4.69) is 13.8 Å². The molecule has 18 heavy (non-hydrogen) atoms. The van der Waals surface area contributed by atoms with Crippen molar-refractivity contribution in [3.8, 4) is 0 Å². The Bertz CT molecular complexity index is 425. The predicted molar refractivity (Wildman–Crippen MR) is 67.8 cm³/mol. The van der Waals surface area contributed by atoms with Gasteiger partial charge in [-0.3, -0.25) is 4.79 Å². The summed E-state index contributed by atoms with van der Waals surface area (Å²) in [6.07, 6.45) is 3.54. The fourth-order valence-corrected chi connectivity index (χ4v) is 4.15. The Balaban J connectivity index is 1.97. The molecule has 100 valence electrons. The van der Waals surface area contributed by atoms with Crippen LogP contribution < -0.4 is 0 Å². The molecule has 0 aromatic heterocycles. The molecule has 1 N–H and O–H groups in total. The maximum atomic E-state index is 11.7. The van der Waals surface area contributed by atoms with Crippen molar-refractivity contribution < 1.29 is 14.6 Å². The lowest BCUT2D eigenvalue weighted by atomic mass is 9.59. The maximum absolute atomic E-state index is 11.7. The summed E-state index contributed by atoms with van der Waals surface area (Å²) in [5.74, 6) is 0.297. The molecule has 2 fully saturated rings. The van der Waals surface area contributed by atoms with Crippen LogP contribution in [0.3, 0.4) is 0 Å². The molecule has 0 radical (unpaired) electrons. The molecule has 1 saturated carbocycles. The van der Waals surface area contributed by atoms with Gasteiger partial charge in [0.1, 0.15) is 6.10 Å². The smallest absolute Gasteiger partial charge is 0.309 e. The summed E-state index contributed by atoms with van der Waals surface area (Å²) in [5.41, 5.74) is 2.68. The third-order valence-corrected chi connectivity index (χ3v) is 5.52. The first-order chi connectivity index (χ1) is 8.42. The average molecular weight is 250 g/mol. The van der Waals surface area contributed by atoms with Gasteiger partial charge < -0.3 is 9.84 Å². The molecule has 3 nitrogen and oxygen atoms in total. The van der Waals surface area contributed by atoms with Crippen molar-refractivity contribution in [3.63, 3.8) is 0 Å². The molecule has 2 aliphatic carbocycles. The van der Waals surface area contributed by atoms with Crippen molar-refractivity contribution in [3.05, 3.63) is 11.1 Å². The Morgan fingerprint density at radius 3 is 2.89 bits per heavy atom. The first-order valence-electron chi connectivity index (χ1n) is 7.01. The monoisotopic (exact) mass is 250 g/mol. The summed E-state index contributed by atoms with van der Waals surface area (Å²) in [4.78, 5) is 11.7. The largest absolute Gasteiger partial charge is 0.462 e. The van der Waals surface area contributed by atoms with Crippen molar-refractivity contribution >= 4 is 5.97 Å². The number of hydrogen-bond donors (Lipinski definition) is 1. The molecule has 0 aromatic rings. The highest BCUT2D eigenvalue weighted by Crippen LogP contribution is 2.54. The van der Waals surface area contributed by atoms with Gasteiger partial charge in [0.2, 0.25) is 0 Å². The van der Waals surface area contributed by atoms with E-state index in [1.54, 1.807) is 0 Å². The Morgan fingerprint density at radius 2 is 2.17 bits per heavy atom. The standard InChI is InChI=1S/C15H22O3/c1-8-10-6-11-9(2)12(16)4-5-15(11,3)7-13(10)18-14(8)17/h8,10,12-13,16H,4-7H2,1-3H3. The summed E-state index contributed by atoms with van der Waals surface area (Å²) in [5, 5.41) is 10.0. The van der Waals surface area contributed by atoms with E-state index in [1.807, 2.05) is 6.92 Å². The van der Waals surface area contributed by atoms with Crippen molar-refractivity contribution in [2.75, 3.05) is 0 Å². The highest BCUT2D eigenvalue weighted by molar-refractivity contribution is 5.75. The van der Waals surface area contributed by atoms with E-state index < -0.39 is 0 Å². The zero-order valence-electron chi connectivity index (χ0n) is 11.4. The Labute approximate surface area is 108 Å². The number of ether oxygens (including phenoxy) is 1. The van der Waals surface area contributed by atoms with Gasteiger partial charge >= 0.3 is 5.97 Å². The fourth-order valence-electron chi connectivity index (χ4n) is 4.15. The molecule has 3 rings (SSSR count). The number of allylic oxidation sites excluding steroid dienone is 1. The van der Waals surface area contributed by atoms with Crippen molar-refractivity contribution in [1.82, 2.24) is 0 Å². The second kappa shape index (κ2) is 3.83. The molecule has 0 amide bonds. The second-order valence-corrected chi connectivity index (χ2v) is 6.61. The number of fused-ring (bicyclic) bond motifs is 2. The SMILES string of the molecule is CC1=C2CC3C(CC2(C)CCC1O)OC(=O)C3C. The van der Waals surface area contributed by atoms with Crippen LogP contribution in [0, 0.1) is 17.3 Å². The van der Waals surface area contributed by atoms with Crippen molar-refractivity contribution in [1.29, 1.82) is 0 Å². The number of aliphatic hydroxyl groups excluding tert-OH is 1. The van der Waals surface area contributed by atoms with Crippen LogP contribution in [0.1, 0.15) is 46.5 Å². The highest BCUT2D eigenvalue weighted by atomic mass is 16.6. The normalized spacial score (nSPS) is 47.7. The number of aliphatic hydroxyl groups is 1. The van der Waals surface area contributed by atoms with E-state index >= 15 is 0 Å². The quantitative estimate of drug-likeness (QED) is 0.530. The van der Waals surface area contributed by atoms with Gasteiger partial charge in [0.15, 0.2) is 0 Å². The topological polar surface area (TPSA) is 46.5 Å². The van der Waals surface area contributed by atoms with E-state index in [1.165, 1.54) is 5.57 Å². The van der Waals surface area contributed by atoms with Crippen molar-refractivity contribution in [2.24, 2.45) is 17.3 Å². The van der Waals surface area contributed by atoms with E-state index in [-0.39, 0.29) is 29.5 Å². The van der Waals surface area contributed by atoms with Crippen LogP contribution in [0.2, 0.25) is 0 Å². The number of hydrogen-bond acceptors (Lipinski definition) is 3. The zero-order chi connectivity index (χ0) is 13.1. The van der Waals surface area contributed by atoms with E-state index in [4.69, 9.17) is 4.74 Å². The van der Waals surface area contributed by atoms with Gasteiger partial charge in [0.25, 0.3) is 0 Å². The molecular weight excluding hydrogens is 228 g/mol. The highest BCUT2D eigenvalue weighted by Gasteiger charge is 2.52. The lowest BCUT2D eigenvalue weighted by molar-refractivity contribution is -0.145. The predicted octanol–water partition coefficient (Wildman–Crippen LogP) is 2.44. The molecular formula is C15H22O3. The molecule has 0 aromatic carbocycles. The third-order valence-electron chi connectivity index (χ3n) is 5.52. The minimum absolute atomic E-state index is 0.0129. The number of carbonyl (C=O) groups excluding carboxylic acids is 1. The van der Waals surface area contributed by atoms with Crippen LogP contribution in [0.5, 0.6) is 0 Å². The maximum Gasteiger partial charge on any atom is 0.309 e. The minimum atomic E-state index is -0.280. The van der Waals surface area contributed by atoms with Gasteiger partial charge in [-0.05, 0) is 43.6 Å². The lowest BCUT2D eigenvalue weighted by Crippen LogP contribution is -2.41. The van der Waals surface area contributed by atoms with Gasteiger partial charge in [-0.2, -0.15) is 0 Å². The summed E-state index contributed by atoms with van der Waals surface area (Å²) in [6, 6.07) is 0. The molecule has 1 heterocycles. The Morgan fingerprint density at radius 1 is 1.44 bits per heavy atom. The summed E-state index contributed by atoms with van der Waals surface area (Å²) in [6.45, 7) is 6.30. The van der Waals surface area contributed by atoms with E-state index in [9.17, 15) is 9.90 Å². The van der Waals surface area contributed by atoms with Crippen LogP contribution in [-0.4, -0.2) is 23.3 Å². The molecule has 0 bridgehead atoms. The molecule has 1 aliphatic heterocycles. The average Bonchev–Trinajstić information content (AvgIpc) is 2.58. The number of rotatable bonds is 0. The first kappa shape index (κ1) is 12.2. The summed E-state index contributed by atoms with van der Waals surface area (Å²) in [7, 11) is 0. The molecule has 5 atom stereocenters. The lowest BCUT2D eigenvalue weighted by Gasteiger charge is -2.46. The molecule has 3 heteroatoms. The van der Waals surface area contributed by atoms with Crippen LogP contribution >= 0.6 is 0 Å². The Hall–Kier alpha value is -0.830. The van der Waals surface area contributed by atoms with Gasteiger partial charge in [-0.25, -0.2) is 0 Å². The van der Waals surface area contributed by atoms with Crippen LogP contribution in [0.4, 0.5) is 0 Å². The fraction of sp³-hybridized carbons (Fsp3) is 0.800. The molecule has 0 spiro atoms. The van der Waals surface area contributed by atoms with Gasteiger partial charge in [0.05, 0.1) is 12.0 Å². The zero-order valence-corrected chi connectivity index (χ0v) is 11.4. The number of carbonyl (C=O) groups is 1. The van der Waals surface area contributed by atoms with Gasteiger partial charge in [-0.15, -0.1) is 0 Å². The molecule has 3 aliphatic rings. The van der Waals surface area contributed by atoms with Crippen LogP contribution in [0.15, 0.2) is 11.1 Å². The number of esters is 1.